The van der Waals surface area contributed by atoms with E-state index >= 15 is 0 Å². The van der Waals surface area contributed by atoms with Gasteiger partial charge in [0.1, 0.15) is 11.0 Å². The van der Waals surface area contributed by atoms with Crippen LogP contribution in [-0.2, 0) is 15.0 Å². The maximum absolute atomic E-state index is 11.9. The van der Waals surface area contributed by atoms with E-state index in [9.17, 15) is 29.9 Å². The molecule has 2 unspecified atom stereocenters. The van der Waals surface area contributed by atoms with E-state index < -0.39 is 39.5 Å². The number of hydrogen-bond donors (Lipinski definition) is 2. The van der Waals surface area contributed by atoms with E-state index in [4.69, 9.17) is 0 Å². The monoisotopic (exact) mass is 304 g/mol. The number of pyridine rings is 1. The van der Waals surface area contributed by atoms with Gasteiger partial charge in [-0.3, -0.25) is 19.9 Å². The van der Waals surface area contributed by atoms with Crippen molar-refractivity contribution < 1.29 is 24.7 Å². The van der Waals surface area contributed by atoms with Crippen molar-refractivity contribution in [1.29, 1.82) is 0 Å². The number of hydrogen-bond acceptors (Lipinski definition) is 5. The summed E-state index contributed by atoms with van der Waals surface area (Å²) in [5, 5.41) is 30.0. The van der Waals surface area contributed by atoms with Crippen LogP contribution in [0.5, 0.6) is 0 Å². The summed E-state index contributed by atoms with van der Waals surface area (Å²) >= 11 is 0. The summed E-state index contributed by atoms with van der Waals surface area (Å²) in [6.45, 7) is 1.35. The molecule has 114 valence electrons. The van der Waals surface area contributed by atoms with Crippen molar-refractivity contribution in [3.8, 4) is 0 Å². The molecule has 1 aliphatic carbocycles. The Labute approximate surface area is 124 Å². The Morgan fingerprint density at radius 1 is 1.32 bits per heavy atom. The molecule has 22 heavy (non-hydrogen) atoms. The third kappa shape index (κ3) is 2.14. The second kappa shape index (κ2) is 5.40. The zero-order valence-corrected chi connectivity index (χ0v) is 11.5. The summed E-state index contributed by atoms with van der Waals surface area (Å²) < 4.78 is 0. The Kier molecular flexibility index (Phi) is 3.77. The van der Waals surface area contributed by atoms with Gasteiger partial charge in [0.05, 0.1) is 4.92 Å². The summed E-state index contributed by atoms with van der Waals surface area (Å²) in [5.74, 6) is -3.93. The Bertz CT molecular complexity index is 709. The number of rotatable bonds is 4. The van der Waals surface area contributed by atoms with Gasteiger partial charge in [0.25, 0.3) is 5.70 Å². The summed E-state index contributed by atoms with van der Waals surface area (Å²) in [5.41, 5.74) is -2.53. The molecule has 0 spiro atoms. The van der Waals surface area contributed by atoms with E-state index in [1.54, 1.807) is 0 Å². The fourth-order valence-corrected chi connectivity index (χ4v) is 2.70. The Morgan fingerprint density at radius 3 is 2.36 bits per heavy atom. The van der Waals surface area contributed by atoms with Crippen molar-refractivity contribution in [2.45, 2.75) is 12.3 Å². The highest BCUT2D eigenvalue weighted by molar-refractivity contribution is 5.94. The SMILES string of the molecule is CC1C(C(=O)O)=C([N+](=O)[O-])C=CC1(C(=O)O)c1ccncc1. The minimum absolute atomic E-state index is 0.305. The molecule has 1 aromatic heterocycles. The van der Waals surface area contributed by atoms with Gasteiger partial charge in [-0.05, 0) is 17.7 Å². The number of carboxylic acids is 2. The van der Waals surface area contributed by atoms with Crippen molar-refractivity contribution >= 4 is 11.9 Å². The van der Waals surface area contributed by atoms with E-state index in [0.29, 0.717) is 5.56 Å². The molecule has 2 atom stereocenters. The molecule has 0 amide bonds. The van der Waals surface area contributed by atoms with Gasteiger partial charge < -0.3 is 10.2 Å². The number of carbonyl (C=O) groups is 2. The summed E-state index contributed by atoms with van der Waals surface area (Å²) in [7, 11) is 0. The van der Waals surface area contributed by atoms with Crippen LogP contribution in [0.2, 0.25) is 0 Å². The molecule has 0 bridgehead atoms. The van der Waals surface area contributed by atoms with E-state index in [1.807, 2.05) is 0 Å². The van der Waals surface area contributed by atoms with Gasteiger partial charge in [-0.1, -0.05) is 13.0 Å². The van der Waals surface area contributed by atoms with Crippen molar-refractivity contribution in [2.75, 3.05) is 0 Å². The number of nitrogens with zero attached hydrogens (tertiary/aromatic N) is 2. The first-order valence-electron chi connectivity index (χ1n) is 6.27. The van der Waals surface area contributed by atoms with Crippen LogP contribution in [0.4, 0.5) is 0 Å². The molecule has 0 aliphatic heterocycles. The van der Waals surface area contributed by atoms with Crippen LogP contribution < -0.4 is 0 Å². The van der Waals surface area contributed by atoms with Gasteiger partial charge in [-0.15, -0.1) is 0 Å². The first kappa shape index (κ1) is 15.4. The molecular formula is C14H12N2O6. The maximum Gasteiger partial charge on any atom is 0.338 e. The van der Waals surface area contributed by atoms with Crippen LogP contribution in [0.15, 0.2) is 47.9 Å². The highest BCUT2D eigenvalue weighted by Crippen LogP contribution is 2.42. The van der Waals surface area contributed by atoms with Crippen molar-refractivity contribution in [3.05, 3.63) is 63.6 Å². The normalized spacial score (nSPS) is 24.1. The topological polar surface area (TPSA) is 131 Å². The zero-order chi connectivity index (χ0) is 16.5. The molecule has 0 saturated heterocycles. The average molecular weight is 304 g/mol. The Morgan fingerprint density at radius 2 is 1.91 bits per heavy atom. The minimum Gasteiger partial charge on any atom is -0.480 e. The van der Waals surface area contributed by atoms with Gasteiger partial charge in [0.2, 0.25) is 0 Å². The fourth-order valence-electron chi connectivity index (χ4n) is 2.70. The van der Waals surface area contributed by atoms with Crippen LogP contribution in [-0.4, -0.2) is 32.1 Å². The van der Waals surface area contributed by atoms with Crippen molar-refractivity contribution in [3.63, 3.8) is 0 Å². The molecule has 1 heterocycles. The molecule has 8 nitrogen and oxygen atoms in total. The van der Waals surface area contributed by atoms with E-state index in [1.165, 1.54) is 37.5 Å². The van der Waals surface area contributed by atoms with E-state index in [2.05, 4.69) is 4.98 Å². The third-order valence-corrected chi connectivity index (χ3v) is 3.84. The molecule has 1 aliphatic rings. The second-order valence-corrected chi connectivity index (χ2v) is 4.83. The predicted molar refractivity (Wildman–Crippen MR) is 73.5 cm³/mol. The smallest absolute Gasteiger partial charge is 0.338 e. The van der Waals surface area contributed by atoms with Crippen molar-refractivity contribution in [2.24, 2.45) is 5.92 Å². The molecule has 0 fully saturated rings. The van der Waals surface area contributed by atoms with Gasteiger partial charge in [0.15, 0.2) is 0 Å². The molecule has 2 N–H and O–H groups in total. The van der Waals surface area contributed by atoms with Gasteiger partial charge in [-0.2, -0.15) is 0 Å². The lowest BCUT2D eigenvalue weighted by atomic mass is 9.65. The highest BCUT2D eigenvalue weighted by Gasteiger charge is 2.51. The second-order valence-electron chi connectivity index (χ2n) is 4.83. The first-order chi connectivity index (χ1) is 10.3. The average Bonchev–Trinajstić information content (AvgIpc) is 2.47. The molecule has 2 rings (SSSR count). The maximum atomic E-state index is 11.9. The van der Waals surface area contributed by atoms with Crippen LogP contribution in [0.3, 0.4) is 0 Å². The fraction of sp³-hybridized carbons (Fsp3) is 0.214. The van der Waals surface area contributed by atoms with Gasteiger partial charge in [-0.25, -0.2) is 4.79 Å². The molecule has 1 aromatic rings. The van der Waals surface area contributed by atoms with Crippen LogP contribution in [0.1, 0.15) is 12.5 Å². The number of aliphatic carboxylic acids is 2. The van der Waals surface area contributed by atoms with Crippen LogP contribution in [0, 0.1) is 16.0 Å². The van der Waals surface area contributed by atoms with Gasteiger partial charge in [0, 0.05) is 24.4 Å². The number of allylic oxidation sites excluding steroid dienone is 1. The summed E-state index contributed by atoms with van der Waals surface area (Å²) in [4.78, 5) is 37.3. The summed E-state index contributed by atoms with van der Waals surface area (Å²) in [6.07, 6.45) is 4.87. The predicted octanol–water partition coefficient (Wildman–Crippen LogP) is 1.23. The molecule has 0 aromatic carbocycles. The minimum atomic E-state index is -1.70. The Hall–Kier alpha value is -3.03. The number of nitro groups is 1. The lowest BCUT2D eigenvalue weighted by Gasteiger charge is -2.34. The van der Waals surface area contributed by atoms with Gasteiger partial charge >= 0.3 is 11.9 Å². The number of carboxylic acid groups (broad SMARTS) is 2. The third-order valence-electron chi connectivity index (χ3n) is 3.84. The number of aromatic nitrogens is 1. The zero-order valence-electron chi connectivity index (χ0n) is 11.5. The lowest BCUT2D eigenvalue weighted by molar-refractivity contribution is -0.420. The first-order valence-corrected chi connectivity index (χ1v) is 6.27. The largest absolute Gasteiger partial charge is 0.480 e. The van der Waals surface area contributed by atoms with Crippen molar-refractivity contribution in [1.82, 2.24) is 4.98 Å². The molecule has 8 heteroatoms. The summed E-state index contributed by atoms with van der Waals surface area (Å²) in [6, 6.07) is 2.90. The van der Waals surface area contributed by atoms with Crippen LogP contribution >= 0.6 is 0 Å². The Balaban J connectivity index is 2.72. The molecule has 0 saturated carbocycles. The standard InChI is InChI=1S/C14H12N2O6/c1-8-11(12(17)18)10(16(21)22)2-5-14(8,13(19)20)9-3-6-15-7-4-9/h2-8H,1H3,(H,17,18)(H,19,20). The lowest BCUT2D eigenvalue weighted by Crippen LogP contribution is -2.44. The molecule has 0 radical (unpaired) electrons. The quantitative estimate of drug-likeness (QED) is 0.631. The molecular weight excluding hydrogens is 292 g/mol. The van der Waals surface area contributed by atoms with Crippen LogP contribution in [0.25, 0.3) is 0 Å². The van der Waals surface area contributed by atoms with E-state index in [0.717, 1.165) is 6.08 Å². The van der Waals surface area contributed by atoms with E-state index in [-0.39, 0.29) is 0 Å². The highest BCUT2D eigenvalue weighted by atomic mass is 16.6.